The van der Waals surface area contributed by atoms with E-state index in [0.717, 1.165) is 11.3 Å². The van der Waals surface area contributed by atoms with Crippen LogP contribution in [0.4, 0.5) is 5.82 Å². The molecule has 0 atom stereocenters. The lowest BCUT2D eigenvalue weighted by atomic mass is 9.78. The van der Waals surface area contributed by atoms with Crippen LogP contribution in [-0.2, 0) is 18.6 Å². The molecule has 0 fully saturated rings. The maximum atomic E-state index is 12.7. The Balaban J connectivity index is 1.15. The average molecular weight is 560 g/mol. The first-order valence-electron chi connectivity index (χ1n) is 12.4. The number of ether oxygens (including phenoxy) is 1. The number of carbonyl (C=O) groups is 1. The van der Waals surface area contributed by atoms with E-state index in [1.807, 2.05) is 24.3 Å². The molecule has 0 aliphatic rings. The number of rotatable bonds is 9. The van der Waals surface area contributed by atoms with Crippen LogP contribution in [-0.4, -0.2) is 15.7 Å². The van der Waals surface area contributed by atoms with Gasteiger partial charge in [-0.05, 0) is 53.1 Å². The number of halogens is 2. The van der Waals surface area contributed by atoms with E-state index in [0.29, 0.717) is 28.2 Å². The van der Waals surface area contributed by atoms with E-state index in [1.54, 1.807) is 41.2 Å². The Kier molecular flexibility index (Phi) is 7.77. The van der Waals surface area contributed by atoms with Crippen LogP contribution in [0, 0.1) is 0 Å². The van der Waals surface area contributed by atoms with Gasteiger partial charge in [0.15, 0.2) is 11.6 Å². The van der Waals surface area contributed by atoms with Crippen molar-refractivity contribution in [1.82, 2.24) is 9.78 Å². The van der Waals surface area contributed by atoms with Gasteiger partial charge in [-0.25, -0.2) is 0 Å². The van der Waals surface area contributed by atoms with Crippen molar-refractivity contribution >= 4 is 34.9 Å². The molecule has 198 valence electrons. The molecule has 0 saturated heterocycles. The molecule has 5 rings (SSSR count). The van der Waals surface area contributed by atoms with E-state index in [4.69, 9.17) is 32.4 Å². The van der Waals surface area contributed by atoms with Crippen molar-refractivity contribution < 1.29 is 13.9 Å². The molecule has 1 N–H and O–H groups in total. The van der Waals surface area contributed by atoms with Crippen LogP contribution >= 0.6 is 23.2 Å². The highest BCUT2D eigenvalue weighted by atomic mass is 35.5. The molecule has 6 nitrogen and oxygen atoms in total. The maximum absolute atomic E-state index is 12.7. The van der Waals surface area contributed by atoms with E-state index in [-0.39, 0.29) is 17.8 Å². The lowest BCUT2D eigenvalue weighted by Gasteiger charge is -2.26. The van der Waals surface area contributed by atoms with Crippen molar-refractivity contribution in [2.24, 2.45) is 0 Å². The minimum Gasteiger partial charge on any atom is -0.486 e. The molecule has 5 aromatic rings. The van der Waals surface area contributed by atoms with Crippen molar-refractivity contribution in [3.63, 3.8) is 0 Å². The maximum Gasteiger partial charge on any atom is 0.292 e. The minimum atomic E-state index is -0.400. The Morgan fingerprint density at radius 2 is 1.69 bits per heavy atom. The number of amides is 1. The van der Waals surface area contributed by atoms with Gasteiger partial charge in [-0.15, -0.1) is 0 Å². The molecular weight excluding hydrogens is 533 g/mol. The fraction of sp³-hybridized carbons (Fsp3) is 0.161. The van der Waals surface area contributed by atoms with Gasteiger partial charge in [-0.3, -0.25) is 9.48 Å². The summed E-state index contributed by atoms with van der Waals surface area (Å²) in [7, 11) is 0. The molecule has 2 aromatic heterocycles. The van der Waals surface area contributed by atoms with E-state index in [1.165, 1.54) is 11.1 Å². The summed E-state index contributed by atoms with van der Waals surface area (Å²) in [6.45, 7) is 5.05. The Hall–Kier alpha value is -4.00. The fourth-order valence-electron chi connectivity index (χ4n) is 4.24. The molecular formula is C31H27Cl2N3O3. The van der Waals surface area contributed by atoms with Crippen molar-refractivity contribution in [3.05, 3.63) is 135 Å². The number of nitrogens with zero attached hydrogens (tertiary/aromatic N) is 2. The molecule has 2 heterocycles. The zero-order valence-electron chi connectivity index (χ0n) is 21.5. The largest absolute Gasteiger partial charge is 0.486 e. The summed E-state index contributed by atoms with van der Waals surface area (Å²) in [5.41, 5.74) is 3.18. The zero-order valence-corrected chi connectivity index (χ0v) is 23.0. The van der Waals surface area contributed by atoms with Crippen LogP contribution in [0.25, 0.3) is 0 Å². The van der Waals surface area contributed by atoms with E-state index in [9.17, 15) is 4.79 Å². The highest BCUT2D eigenvalue weighted by Gasteiger charge is 2.22. The number of anilines is 1. The van der Waals surface area contributed by atoms with Gasteiger partial charge in [-0.1, -0.05) is 85.6 Å². The van der Waals surface area contributed by atoms with Crippen LogP contribution in [0.15, 0.2) is 102 Å². The van der Waals surface area contributed by atoms with Crippen molar-refractivity contribution in [3.8, 4) is 5.75 Å². The molecule has 0 aliphatic heterocycles. The second-order valence-electron chi connectivity index (χ2n) is 9.66. The van der Waals surface area contributed by atoms with Gasteiger partial charge < -0.3 is 14.5 Å². The summed E-state index contributed by atoms with van der Waals surface area (Å²) in [6.07, 6.45) is 1.76. The quantitative estimate of drug-likeness (QED) is 0.198. The normalized spacial score (nSPS) is 11.4. The van der Waals surface area contributed by atoms with Gasteiger partial charge in [-0.2, -0.15) is 5.10 Å². The Morgan fingerprint density at radius 1 is 0.949 bits per heavy atom. The zero-order chi connectivity index (χ0) is 27.4. The van der Waals surface area contributed by atoms with Crippen LogP contribution in [0.3, 0.4) is 0 Å². The monoisotopic (exact) mass is 559 g/mol. The molecule has 0 radical (unpaired) electrons. The van der Waals surface area contributed by atoms with Crippen LogP contribution in [0.5, 0.6) is 5.75 Å². The summed E-state index contributed by atoms with van der Waals surface area (Å²) in [5.74, 6) is 1.43. The first-order chi connectivity index (χ1) is 18.8. The predicted octanol–water partition coefficient (Wildman–Crippen LogP) is 7.99. The summed E-state index contributed by atoms with van der Waals surface area (Å²) in [4.78, 5) is 12.7. The van der Waals surface area contributed by atoms with E-state index < -0.39 is 5.91 Å². The summed E-state index contributed by atoms with van der Waals surface area (Å²) in [5, 5.41) is 8.26. The van der Waals surface area contributed by atoms with Gasteiger partial charge in [0.2, 0.25) is 0 Å². The fourth-order valence-corrected chi connectivity index (χ4v) is 4.71. The van der Waals surface area contributed by atoms with Gasteiger partial charge >= 0.3 is 0 Å². The molecule has 0 bridgehead atoms. The summed E-state index contributed by atoms with van der Waals surface area (Å²) < 4.78 is 13.3. The van der Waals surface area contributed by atoms with Crippen LogP contribution < -0.4 is 10.1 Å². The number of aromatic nitrogens is 2. The third-order valence-corrected chi connectivity index (χ3v) is 7.15. The molecule has 0 saturated carbocycles. The van der Waals surface area contributed by atoms with Gasteiger partial charge in [0.05, 0.1) is 6.54 Å². The molecule has 0 spiro atoms. The van der Waals surface area contributed by atoms with Crippen molar-refractivity contribution in [2.75, 3.05) is 5.32 Å². The van der Waals surface area contributed by atoms with E-state index in [2.05, 4.69) is 60.7 Å². The third kappa shape index (κ3) is 6.36. The number of hydrogen-bond donors (Lipinski definition) is 1. The van der Waals surface area contributed by atoms with Crippen molar-refractivity contribution in [1.29, 1.82) is 0 Å². The SMILES string of the molecule is CC(C)(c1ccccc1)c1ccc(OCc2ccc(C(=O)Nc3ccn(Cc4ccc(Cl)cc4Cl)n3)o2)cc1. The first kappa shape index (κ1) is 26.6. The standard InChI is InChI=1S/C31H27Cl2N3O3/c1-31(2,22-6-4-3-5-7-22)23-9-12-25(13-10-23)38-20-26-14-15-28(39-26)30(37)34-29-16-17-36(35-29)19-21-8-11-24(32)18-27(21)33/h3-18H,19-20H2,1-2H3,(H,34,35,37). The molecule has 39 heavy (non-hydrogen) atoms. The highest BCUT2D eigenvalue weighted by molar-refractivity contribution is 6.35. The lowest BCUT2D eigenvalue weighted by Crippen LogP contribution is -2.18. The number of carbonyl (C=O) groups excluding carboxylic acids is 1. The Labute approximate surface area is 237 Å². The predicted molar refractivity (Wildman–Crippen MR) is 154 cm³/mol. The first-order valence-corrected chi connectivity index (χ1v) is 13.2. The topological polar surface area (TPSA) is 69.3 Å². The summed E-state index contributed by atoms with van der Waals surface area (Å²) in [6, 6.07) is 28.8. The lowest BCUT2D eigenvalue weighted by molar-refractivity contribution is 0.0992. The Bertz CT molecular complexity index is 1570. The highest BCUT2D eigenvalue weighted by Crippen LogP contribution is 2.32. The molecule has 3 aromatic carbocycles. The number of nitrogens with one attached hydrogen (secondary N) is 1. The minimum absolute atomic E-state index is 0.123. The van der Waals surface area contributed by atoms with Crippen molar-refractivity contribution in [2.45, 2.75) is 32.4 Å². The number of hydrogen-bond acceptors (Lipinski definition) is 4. The average Bonchev–Trinajstić information content (AvgIpc) is 3.59. The third-order valence-electron chi connectivity index (χ3n) is 6.57. The molecule has 8 heteroatoms. The summed E-state index contributed by atoms with van der Waals surface area (Å²) >= 11 is 12.2. The van der Waals surface area contributed by atoms with Crippen LogP contribution in [0.1, 0.15) is 46.9 Å². The number of benzene rings is 3. The molecule has 0 aliphatic carbocycles. The van der Waals surface area contributed by atoms with Gasteiger partial charge in [0.1, 0.15) is 18.1 Å². The number of furan rings is 1. The molecule has 1 amide bonds. The smallest absolute Gasteiger partial charge is 0.292 e. The van der Waals surface area contributed by atoms with Gasteiger partial charge in [0.25, 0.3) is 5.91 Å². The Morgan fingerprint density at radius 3 is 2.44 bits per heavy atom. The second kappa shape index (κ2) is 11.4. The molecule has 0 unspecified atom stereocenters. The van der Waals surface area contributed by atoms with E-state index >= 15 is 0 Å². The van der Waals surface area contributed by atoms with Gasteiger partial charge in [0, 0.05) is 27.7 Å². The second-order valence-corrected chi connectivity index (χ2v) is 10.5. The van der Waals surface area contributed by atoms with Crippen LogP contribution in [0.2, 0.25) is 10.0 Å².